The van der Waals surface area contributed by atoms with Gasteiger partial charge in [0.25, 0.3) is 0 Å². The second-order valence-electron chi connectivity index (χ2n) is 7.10. The number of nitrogens with zero attached hydrogens (tertiary/aromatic N) is 1. The highest BCUT2D eigenvalue weighted by Gasteiger charge is 2.37. The van der Waals surface area contributed by atoms with E-state index in [2.05, 4.69) is 34.5 Å². The maximum atomic E-state index is 11.6. The van der Waals surface area contributed by atoms with Crippen molar-refractivity contribution in [3.8, 4) is 5.75 Å². The van der Waals surface area contributed by atoms with E-state index in [1.165, 1.54) is 11.1 Å². The summed E-state index contributed by atoms with van der Waals surface area (Å²) < 4.78 is 6.08. The van der Waals surface area contributed by atoms with Gasteiger partial charge in [-0.25, -0.2) is 0 Å². The van der Waals surface area contributed by atoms with Crippen LogP contribution in [0.5, 0.6) is 5.75 Å². The van der Waals surface area contributed by atoms with Crippen molar-refractivity contribution < 1.29 is 9.53 Å². The van der Waals surface area contributed by atoms with Crippen LogP contribution in [0.25, 0.3) is 0 Å². The Morgan fingerprint density at radius 3 is 2.64 bits per heavy atom. The minimum Gasteiger partial charge on any atom is -0.489 e. The number of nitrogens with one attached hydrogen (secondary N) is 1. The molecule has 2 aromatic rings. The number of benzene rings is 2. The number of rotatable bonds is 5. The second kappa shape index (κ2) is 7.28. The van der Waals surface area contributed by atoms with Crippen molar-refractivity contribution in [2.45, 2.75) is 19.6 Å². The lowest BCUT2D eigenvalue weighted by Gasteiger charge is -2.23. The highest BCUT2D eigenvalue weighted by molar-refractivity contribution is 5.77. The number of piperidine rings is 1. The van der Waals surface area contributed by atoms with Gasteiger partial charge in [-0.2, -0.15) is 0 Å². The van der Waals surface area contributed by atoms with Crippen LogP contribution in [0.4, 0.5) is 0 Å². The minimum atomic E-state index is 0.203. The highest BCUT2D eigenvalue weighted by Crippen LogP contribution is 2.31. The summed E-state index contributed by atoms with van der Waals surface area (Å²) in [6, 6.07) is 18.5. The molecule has 25 heavy (non-hydrogen) atoms. The molecule has 2 aliphatic heterocycles. The van der Waals surface area contributed by atoms with Gasteiger partial charge in [0.15, 0.2) is 0 Å². The Morgan fingerprint density at radius 2 is 1.76 bits per heavy atom. The normalized spacial score (nSPS) is 23.1. The fraction of sp³-hybridized carbons (Fsp3) is 0.381. The molecule has 130 valence electrons. The molecule has 2 fully saturated rings. The van der Waals surface area contributed by atoms with Crippen molar-refractivity contribution in [3.05, 3.63) is 65.7 Å². The molecule has 0 radical (unpaired) electrons. The SMILES string of the molecule is O=C1C[C@@H]2CN(Cc3ccccc3OCc3ccccc3)C[C@@H]2CN1. The van der Waals surface area contributed by atoms with Crippen molar-refractivity contribution in [3.63, 3.8) is 0 Å². The first-order valence-electron chi connectivity index (χ1n) is 9.01. The third kappa shape index (κ3) is 3.85. The average Bonchev–Trinajstić information content (AvgIpc) is 3.03. The van der Waals surface area contributed by atoms with Crippen molar-refractivity contribution in [2.75, 3.05) is 19.6 Å². The molecule has 0 spiro atoms. The number of para-hydroxylation sites is 1. The Morgan fingerprint density at radius 1 is 1.00 bits per heavy atom. The number of fused-ring (bicyclic) bond motifs is 1. The van der Waals surface area contributed by atoms with Gasteiger partial charge in [-0.1, -0.05) is 48.5 Å². The first-order valence-corrected chi connectivity index (χ1v) is 9.01. The fourth-order valence-corrected chi connectivity index (χ4v) is 3.93. The summed E-state index contributed by atoms with van der Waals surface area (Å²) >= 11 is 0. The summed E-state index contributed by atoms with van der Waals surface area (Å²) in [5, 5.41) is 3.00. The number of amides is 1. The van der Waals surface area contributed by atoms with Gasteiger partial charge in [-0.05, 0) is 23.5 Å². The Labute approximate surface area is 148 Å². The summed E-state index contributed by atoms with van der Waals surface area (Å²) in [5.74, 6) is 2.26. The number of likely N-dealkylation sites (tertiary alicyclic amines) is 1. The first-order chi connectivity index (χ1) is 12.3. The summed E-state index contributed by atoms with van der Waals surface area (Å²) in [5.41, 5.74) is 2.39. The summed E-state index contributed by atoms with van der Waals surface area (Å²) in [7, 11) is 0. The number of carbonyl (C=O) groups excluding carboxylic acids is 1. The van der Waals surface area contributed by atoms with Crippen LogP contribution in [-0.2, 0) is 17.9 Å². The molecule has 0 saturated carbocycles. The van der Waals surface area contributed by atoms with Crippen molar-refractivity contribution in [1.29, 1.82) is 0 Å². The Hall–Kier alpha value is -2.33. The van der Waals surface area contributed by atoms with Gasteiger partial charge in [-0.3, -0.25) is 9.69 Å². The van der Waals surface area contributed by atoms with Gasteiger partial charge in [0.2, 0.25) is 5.91 Å². The van der Waals surface area contributed by atoms with Gasteiger partial charge in [0.05, 0.1) is 0 Å². The third-order valence-electron chi connectivity index (χ3n) is 5.26. The smallest absolute Gasteiger partial charge is 0.220 e. The van der Waals surface area contributed by atoms with Gasteiger partial charge >= 0.3 is 0 Å². The van der Waals surface area contributed by atoms with Crippen LogP contribution in [0.15, 0.2) is 54.6 Å². The van der Waals surface area contributed by atoms with E-state index in [9.17, 15) is 4.79 Å². The second-order valence-corrected chi connectivity index (χ2v) is 7.10. The molecule has 0 unspecified atom stereocenters. The number of carbonyl (C=O) groups is 1. The summed E-state index contributed by atoms with van der Waals surface area (Å²) in [6.45, 7) is 4.35. The standard InChI is InChI=1S/C21H24N2O2/c24-21-10-18-13-23(14-19(18)11-22-21)12-17-8-4-5-9-20(17)25-15-16-6-2-1-3-7-16/h1-9,18-19H,10-15H2,(H,22,24)/t18-,19+/m1/s1. The summed E-state index contributed by atoms with van der Waals surface area (Å²) in [4.78, 5) is 14.1. The molecule has 2 aromatic carbocycles. The van der Waals surface area contributed by atoms with E-state index >= 15 is 0 Å². The van der Waals surface area contributed by atoms with E-state index in [-0.39, 0.29) is 5.91 Å². The van der Waals surface area contributed by atoms with Crippen LogP contribution in [0.2, 0.25) is 0 Å². The molecule has 1 amide bonds. The molecular weight excluding hydrogens is 312 g/mol. The first kappa shape index (κ1) is 16.2. The number of hydrogen-bond acceptors (Lipinski definition) is 3. The lowest BCUT2D eigenvalue weighted by molar-refractivity contribution is -0.124. The van der Waals surface area contributed by atoms with Gasteiger partial charge in [-0.15, -0.1) is 0 Å². The lowest BCUT2D eigenvalue weighted by Crippen LogP contribution is -2.39. The quantitative estimate of drug-likeness (QED) is 0.913. The van der Waals surface area contributed by atoms with Crippen LogP contribution in [0.3, 0.4) is 0 Å². The molecule has 0 aliphatic carbocycles. The molecule has 4 heteroatoms. The molecule has 2 aliphatic rings. The number of hydrogen-bond donors (Lipinski definition) is 1. The van der Waals surface area contributed by atoms with Crippen LogP contribution < -0.4 is 10.1 Å². The predicted octanol–water partition coefficient (Wildman–Crippen LogP) is 2.83. The van der Waals surface area contributed by atoms with E-state index in [1.807, 2.05) is 30.3 Å². The minimum absolute atomic E-state index is 0.203. The molecule has 0 bridgehead atoms. The third-order valence-corrected chi connectivity index (χ3v) is 5.26. The maximum Gasteiger partial charge on any atom is 0.220 e. The van der Waals surface area contributed by atoms with E-state index in [4.69, 9.17) is 4.74 Å². The van der Waals surface area contributed by atoms with Crippen molar-refractivity contribution >= 4 is 5.91 Å². The summed E-state index contributed by atoms with van der Waals surface area (Å²) in [6.07, 6.45) is 0.674. The zero-order valence-electron chi connectivity index (χ0n) is 14.4. The molecule has 4 nitrogen and oxygen atoms in total. The molecule has 2 heterocycles. The molecule has 0 aromatic heterocycles. The van der Waals surface area contributed by atoms with Gasteiger partial charge < -0.3 is 10.1 Å². The number of ether oxygens (including phenoxy) is 1. The maximum absolute atomic E-state index is 11.6. The molecular formula is C21H24N2O2. The predicted molar refractivity (Wildman–Crippen MR) is 97.1 cm³/mol. The van der Waals surface area contributed by atoms with Gasteiger partial charge in [0.1, 0.15) is 12.4 Å². The van der Waals surface area contributed by atoms with E-state index < -0.39 is 0 Å². The average molecular weight is 336 g/mol. The lowest BCUT2D eigenvalue weighted by atomic mass is 9.89. The fourth-order valence-electron chi connectivity index (χ4n) is 3.93. The van der Waals surface area contributed by atoms with Crippen LogP contribution >= 0.6 is 0 Å². The van der Waals surface area contributed by atoms with Crippen molar-refractivity contribution in [2.24, 2.45) is 11.8 Å². The Balaban J connectivity index is 1.40. The van der Waals surface area contributed by atoms with E-state index in [0.29, 0.717) is 24.9 Å². The molecule has 2 atom stereocenters. The van der Waals surface area contributed by atoms with Crippen molar-refractivity contribution in [1.82, 2.24) is 10.2 Å². The van der Waals surface area contributed by atoms with E-state index in [0.717, 1.165) is 31.9 Å². The van der Waals surface area contributed by atoms with Crippen LogP contribution in [0.1, 0.15) is 17.5 Å². The highest BCUT2D eigenvalue weighted by atomic mass is 16.5. The topological polar surface area (TPSA) is 41.6 Å². The molecule has 2 saturated heterocycles. The van der Waals surface area contributed by atoms with Crippen LogP contribution in [0, 0.1) is 11.8 Å². The van der Waals surface area contributed by atoms with Crippen LogP contribution in [-0.4, -0.2) is 30.4 Å². The Bertz CT molecular complexity index is 732. The largest absolute Gasteiger partial charge is 0.489 e. The van der Waals surface area contributed by atoms with Gasteiger partial charge in [0, 0.05) is 38.2 Å². The Kier molecular flexibility index (Phi) is 4.70. The molecule has 1 N–H and O–H groups in total. The molecule has 4 rings (SSSR count). The van der Waals surface area contributed by atoms with E-state index in [1.54, 1.807) is 0 Å². The monoisotopic (exact) mass is 336 g/mol. The zero-order valence-corrected chi connectivity index (χ0v) is 14.4. The zero-order chi connectivity index (χ0) is 17.1.